The standard InChI is InChI=1S/C42H30O8/c43-41-31-21-33(45-23-27-13-5-1-6-14-27)37(47-25-29-17-9-3-10-18-29)39-35(31)36-32(42(44)49-39)22-34(46-24-28-15-7-2-8-16-28)38(40(36)50-41)48-26-30-19-11-4-12-20-30/h1-22H,23-26H2. The molecule has 50 heavy (non-hydrogen) atoms. The molecule has 0 spiro atoms. The van der Waals surface area contributed by atoms with Crippen LogP contribution < -0.4 is 30.2 Å². The summed E-state index contributed by atoms with van der Waals surface area (Å²) < 4.78 is 37.3. The molecule has 2 aromatic heterocycles. The summed E-state index contributed by atoms with van der Waals surface area (Å²) in [6, 6.07) is 41.6. The molecule has 8 rings (SSSR count). The fraction of sp³-hybridized carbons (Fsp3) is 0.0952. The van der Waals surface area contributed by atoms with E-state index in [4.69, 9.17) is 27.8 Å². The molecule has 0 aliphatic heterocycles. The topological polar surface area (TPSA) is 97.3 Å². The molecule has 0 N–H and O–H groups in total. The number of hydrogen-bond donors (Lipinski definition) is 0. The smallest absolute Gasteiger partial charge is 0.344 e. The SMILES string of the molecule is O=c1oc2c(OCc3ccccc3)c(OCc3ccccc3)cc3c(=O)oc4c(OCc5ccccc5)c(OCc5ccccc5)cc1c4c23. The predicted octanol–water partition coefficient (Wildman–Crippen LogP) is 8.81. The molecule has 0 radical (unpaired) electrons. The van der Waals surface area contributed by atoms with E-state index in [1.54, 1.807) is 12.1 Å². The monoisotopic (exact) mass is 662 g/mol. The van der Waals surface area contributed by atoms with Gasteiger partial charge in [0.05, 0.1) is 10.8 Å². The van der Waals surface area contributed by atoms with Crippen LogP contribution in [0.3, 0.4) is 0 Å². The molecule has 0 unspecified atom stereocenters. The Hall–Kier alpha value is -6.54. The molecule has 8 heteroatoms. The highest BCUT2D eigenvalue weighted by Gasteiger charge is 2.28. The molecular formula is C42H30O8. The first kappa shape index (κ1) is 30.8. The zero-order chi connectivity index (χ0) is 33.9. The van der Waals surface area contributed by atoms with Gasteiger partial charge in [-0.3, -0.25) is 0 Å². The Bertz CT molecular complexity index is 2330. The lowest BCUT2D eigenvalue weighted by molar-refractivity contribution is 0.254. The van der Waals surface area contributed by atoms with Crippen molar-refractivity contribution in [2.75, 3.05) is 0 Å². The minimum Gasteiger partial charge on any atom is -0.485 e. The lowest BCUT2D eigenvalue weighted by Gasteiger charge is -2.19. The molecule has 0 aliphatic rings. The van der Waals surface area contributed by atoms with E-state index < -0.39 is 11.3 Å². The van der Waals surface area contributed by atoms with E-state index in [-0.39, 0.29) is 71.4 Å². The van der Waals surface area contributed by atoms with Crippen LogP contribution in [0.5, 0.6) is 23.0 Å². The van der Waals surface area contributed by atoms with Crippen LogP contribution in [-0.4, -0.2) is 0 Å². The summed E-state index contributed by atoms with van der Waals surface area (Å²) in [5.41, 5.74) is 2.42. The molecule has 246 valence electrons. The van der Waals surface area contributed by atoms with Crippen molar-refractivity contribution in [3.63, 3.8) is 0 Å². The predicted molar refractivity (Wildman–Crippen MR) is 190 cm³/mol. The molecule has 8 aromatic rings. The van der Waals surface area contributed by atoms with Gasteiger partial charge in [-0.15, -0.1) is 0 Å². The van der Waals surface area contributed by atoms with E-state index in [0.717, 1.165) is 22.3 Å². The molecule has 6 aromatic carbocycles. The normalized spacial score (nSPS) is 11.3. The average molecular weight is 663 g/mol. The van der Waals surface area contributed by atoms with Crippen molar-refractivity contribution in [3.05, 3.63) is 177 Å². The number of hydrogen-bond acceptors (Lipinski definition) is 8. The first-order chi connectivity index (χ1) is 24.6. The van der Waals surface area contributed by atoms with Gasteiger partial charge in [0.2, 0.25) is 11.5 Å². The third-order valence-corrected chi connectivity index (χ3v) is 8.41. The second-order valence-corrected chi connectivity index (χ2v) is 11.8. The van der Waals surface area contributed by atoms with Gasteiger partial charge in [0, 0.05) is 10.8 Å². The maximum atomic E-state index is 13.9. The highest BCUT2D eigenvalue weighted by molar-refractivity contribution is 6.22. The highest BCUT2D eigenvalue weighted by atomic mass is 16.5. The average Bonchev–Trinajstić information content (AvgIpc) is 3.16. The summed E-state index contributed by atoms with van der Waals surface area (Å²) in [6.07, 6.45) is 0. The van der Waals surface area contributed by atoms with E-state index in [2.05, 4.69) is 0 Å². The molecule has 0 aliphatic carbocycles. The molecule has 2 heterocycles. The first-order valence-corrected chi connectivity index (χ1v) is 16.2. The summed E-state index contributed by atoms with van der Waals surface area (Å²) in [7, 11) is 0. The highest BCUT2D eigenvalue weighted by Crippen LogP contribution is 2.47. The molecule has 0 atom stereocenters. The summed E-state index contributed by atoms with van der Waals surface area (Å²) in [5.74, 6) is 0.857. The molecule has 8 nitrogen and oxygen atoms in total. The Labute approximate surface area is 286 Å². The Balaban J connectivity index is 1.32. The van der Waals surface area contributed by atoms with Crippen LogP contribution in [-0.2, 0) is 26.4 Å². The quantitative estimate of drug-likeness (QED) is 0.0946. The van der Waals surface area contributed by atoms with Crippen molar-refractivity contribution in [2.24, 2.45) is 0 Å². The maximum absolute atomic E-state index is 13.9. The second-order valence-electron chi connectivity index (χ2n) is 11.8. The third kappa shape index (κ3) is 6.10. The van der Waals surface area contributed by atoms with Gasteiger partial charge in [-0.1, -0.05) is 121 Å². The Morgan fingerprint density at radius 2 is 0.700 bits per heavy atom. The van der Waals surface area contributed by atoms with Crippen LogP contribution in [0.15, 0.2) is 152 Å². The van der Waals surface area contributed by atoms with Gasteiger partial charge in [-0.25, -0.2) is 9.59 Å². The Morgan fingerprint density at radius 3 is 1.02 bits per heavy atom. The van der Waals surface area contributed by atoms with Crippen LogP contribution in [0.4, 0.5) is 0 Å². The summed E-state index contributed by atoms with van der Waals surface area (Å²) >= 11 is 0. The van der Waals surface area contributed by atoms with Gasteiger partial charge >= 0.3 is 11.3 Å². The minimum atomic E-state index is -0.665. The van der Waals surface area contributed by atoms with Crippen molar-refractivity contribution in [1.82, 2.24) is 0 Å². The van der Waals surface area contributed by atoms with Crippen molar-refractivity contribution < 1.29 is 27.8 Å². The van der Waals surface area contributed by atoms with Gasteiger partial charge in [0.1, 0.15) is 26.4 Å². The number of ether oxygens (including phenoxy) is 4. The lowest BCUT2D eigenvalue weighted by atomic mass is 10.0. The largest absolute Gasteiger partial charge is 0.485 e. The second kappa shape index (κ2) is 13.5. The maximum Gasteiger partial charge on any atom is 0.344 e. The van der Waals surface area contributed by atoms with Crippen LogP contribution >= 0.6 is 0 Å². The third-order valence-electron chi connectivity index (χ3n) is 8.41. The van der Waals surface area contributed by atoms with Crippen LogP contribution in [0.25, 0.3) is 32.7 Å². The van der Waals surface area contributed by atoms with Crippen molar-refractivity contribution >= 4 is 32.7 Å². The fourth-order valence-electron chi connectivity index (χ4n) is 5.96. The Morgan fingerprint density at radius 1 is 0.400 bits per heavy atom. The lowest BCUT2D eigenvalue weighted by Crippen LogP contribution is -2.11. The molecule has 0 amide bonds. The molecule has 0 saturated carbocycles. The number of rotatable bonds is 12. The van der Waals surface area contributed by atoms with Gasteiger partial charge < -0.3 is 27.8 Å². The van der Waals surface area contributed by atoms with E-state index >= 15 is 0 Å². The molecular weight excluding hydrogens is 632 g/mol. The molecule has 0 bridgehead atoms. The van der Waals surface area contributed by atoms with Crippen molar-refractivity contribution in [1.29, 1.82) is 0 Å². The van der Waals surface area contributed by atoms with E-state index in [0.29, 0.717) is 10.8 Å². The van der Waals surface area contributed by atoms with Crippen LogP contribution in [0, 0.1) is 0 Å². The number of benzene rings is 6. The fourth-order valence-corrected chi connectivity index (χ4v) is 5.96. The summed E-state index contributed by atoms with van der Waals surface area (Å²) in [4.78, 5) is 27.8. The van der Waals surface area contributed by atoms with Crippen LogP contribution in [0.2, 0.25) is 0 Å². The minimum absolute atomic E-state index is 0.0730. The van der Waals surface area contributed by atoms with Gasteiger partial charge in [0.25, 0.3) is 0 Å². The Kier molecular flexibility index (Phi) is 8.32. The van der Waals surface area contributed by atoms with Gasteiger partial charge in [-0.05, 0) is 34.4 Å². The van der Waals surface area contributed by atoms with E-state index in [9.17, 15) is 9.59 Å². The van der Waals surface area contributed by atoms with E-state index in [1.165, 1.54) is 0 Å². The zero-order valence-electron chi connectivity index (χ0n) is 26.8. The molecule has 0 saturated heterocycles. The van der Waals surface area contributed by atoms with Gasteiger partial charge in [0.15, 0.2) is 22.7 Å². The van der Waals surface area contributed by atoms with Crippen molar-refractivity contribution in [2.45, 2.75) is 26.4 Å². The first-order valence-electron chi connectivity index (χ1n) is 16.2. The summed E-state index contributed by atoms with van der Waals surface area (Å²) in [5, 5.41) is 1.06. The zero-order valence-corrected chi connectivity index (χ0v) is 26.8. The summed E-state index contributed by atoms with van der Waals surface area (Å²) in [6.45, 7) is 0.692. The van der Waals surface area contributed by atoms with E-state index in [1.807, 2.05) is 121 Å². The van der Waals surface area contributed by atoms with Crippen LogP contribution in [0.1, 0.15) is 22.3 Å². The molecule has 0 fully saturated rings. The van der Waals surface area contributed by atoms with Gasteiger partial charge in [-0.2, -0.15) is 0 Å². The van der Waals surface area contributed by atoms with Crippen molar-refractivity contribution in [3.8, 4) is 23.0 Å².